The van der Waals surface area contributed by atoms with Crippen molar-refractivity contribution in [3.05, 3.63) is 115 Å². The van der Waals surface area contributed by atoms with Crippen LogP contribution in [0.3, 0.4) is 0 Å². The average molecular weight is 499 g/mol. The van der Waals surface area contributed by atoms with Gasteiger partial charge >= 0.3 is 12.1 Å². The lowest BCUT2D eigenvalue weighted by molar-refractivity contribution is 0.250. The molecule has 0 saturated heterocycles. The number of urea groups is 2. The van der Waals surface area contributed by atoms with Crippen LogP contribution < -0.4 is 25.6 Å². The van der Waals surface area contributed by atoms with Crippen LogP contribution in [0.4, 0.5) is 31.0 Å². The summed E-state index contributed by atoms with van der Waals surface area (Å²) in [7, 11) is 0. The number of amides is 4. The number of hydrogen-bond acceptors (Lipinski definition) is 3. The number of ether oxygens (including phenoxy) is 1. The number of carbonyl (C=O) groups is 2. The second-order valence-electron chi connectivity index (χ2n) is 8.25. The predicted octanol–water partition coefficient (Wildman–Crippen LogP) is 6.79. The Labute approximate surface area is 214 Å². The summed E-state index contributed by atoms with van der Waals surface area (Å²) >= 11 is 0. The molecule has 0 aliphatic rings. The van der Waals surface area contributed by atoms with Gasteiger partial charge in [-0.2, -0.15) is 0 Å². The van der Waals surface area contributed by atoms with Gasteiger partial charge in [-0.05, 0) is 79.2 Å². The Balaban J connectivity index is 1.43. The highest BCUT2D eigenvalue weighted by Gasteiger charge is 2.17. The van der Waals surface area contributed by atoms with Crippen LogP contribution in [0.25, 0.3) is 0 Å². The molecule has 0 aromatic heterocycles. The number of anilines is 3. The zero-order valence-corrected chi connectivity index (χ0v) is 20.3. The molecular formula is C29H27FN4O3. The maximum Gasteiger partial charge on any atom is 0.326 e. The van der Waals surface area contributed by atoms with E-state index in [1.807, 2.05) is 61.5 Å². The number of nitrogens with zero attached hydrogens (tertiary/aromatic N) is 1. The smallest absolute Gasteiger partial charge is 0.326 e. The van der Waals surface area contributed by atoms with Crippen LogP contribution in [-0.2, 0) is 0 Å². The number of halogens is 1. The number of rotatable bonds is 8. The molecule has 3 N–H and O–H groups in total. The third-order valence-corrected chi connectivity index (χ3v) is 5.35. The molecule has 0 heterocycles. The number of hydrogen-bond donors (Lipinski definition) is 3. The molecule has 4 aromatic rings. The minimum Gasteiger partial charge on any atom is -0.457 e. The second kappa shape index (κ2) is 12.2. The molecule has 0 radical (unpaired) electrons. The molecule has 4 rings (SSSR count). The van der Waals surface area contributed by atoms with Gasteiger partial charge in [-0.15, -0.1) is 0 Å². The van der Waals surface area contributed by atoms with Crippen molar-refractivity contribution in [3.8, 4) is 11.5 Å². The third-order valence-electron chi connectivity index (χ3n) is 5.35. The Bertz CT molecular complexity index is 1350. The fourth-order valence-electron chi connectivity index (χ4n) is 3.60. The van der Waals surface area contributed by atoms with E-state index in [4.69, 9.17) is 4.74 Å². The summed E-state index contributed by atoms with van der Waals surface area (Å²) in [6.07, 6.45) is 0. The van der Waals surface area contributed by atoms with Crippen molar-refractivity contribution in [1.82, 2.24) is 5.32 Å². The van der Waals surface area contributed by atoms with Crippen molar-refractivity contribution in [1.29, 1.82) is 0 Å². The molecule has 0 aliphatic carbocycles. The minimum atomic E-state index is -0.503. The van der Waals surface area contributed by atoms with Gasteiger partial charge < -0.3 is 20.7 Å². The van der Waals surface area contributed by atoms with E-state index in [2.05, 4.69) is 16.0 Å². The topological polar surface area (TPSA) is 82.7 Å². The molecule has 0 spiro atoms. The van der Waals surface area contributed by atoms with Gasteiger partial charge in [0.05, 0.1) is 0 Å². The van der Waals surface area contributed by atoms with Crippen LogP contribution in [-0.4, -0.2) is 25.2 Å². The summed E-state index contributed by atoms with van der Waals surface area (Å²) in [5.74, 6) is 0.885. The highest BCUT2D eigenvalue weighted by atomic mass is 19.1. The Kier molecular flexibility index (Phi) is 8.33. The Morgan fingerprint density at radius 2 is 1.46 bits per heavy atom. The number of carbonyl (C=O) groups excluding carboxylic acids is 2. The van der Waals surface area contributed by atoms with Gasteiger partial charge in [0, 0.05) is 30.2 Å². The molecule has 0 atom stereocenters. The van der Waals surface area contributed by atoms with E-state index >= 15 is 0 Å². The minimum absolute atomic E-state index is 0.157. The van der Waals surface area contributed by atoms with Gasteiger partial charge in [0.25, 0.3) is 0 Å². The lowest BCUT2D eigenvalue weighted by Gasteiger charge is -2.24. The van der Waals surface area contributed by atoms with Gasteiger partial charge in [0.15, 0.2) is 0 Å². The summed E-state index contributed by atoms with van der Waals surface area (Å²) in [5, 5.41) is 8.19. The largest absolute Gasteiger partial charge is 0.457 e. The van der Waals surface area contributed by atoms with Crippen molar-refractivity contribution >= 4 is 29.1 Å². The number of benzene rings is 4. The maximum atomic E-state index is 13.4. The first-order chi connectivity index (χ1) is 18.0. The van der Waals surface area contributed by atoms with Gasteiger partial charge in [0.1, 0.15) is 17.3 Å². The molecule has 0 unspecified atom stereocenters. The predicted molar refractivity (Wildman–Crippen MR) is 144 cm³/mol. The van der Waals surface area contributed by atoms with Crippen LogP contribution in [0.15, 0.2) is 103 Å². The third kappa shape index (κ3) is 7.57. The quantitative estimate of drug-likeness (QED) is 0.250. The summed E-state index contributed by atoms with van der Waals surface area (Å²) in [6.45, 7) is 2.29. The second-order valence-corrected chi connectivity index (χ2v) is 8.25. The van der Waals surface area contributed by atoms with E-state index in [1.165, 1.54) is 23.1 Å². The highest BCUT2D eigenvalue weighted by molar-refractivity contribution is 6.02. The lowest BCUT2D eigenvalue weighted by atomic mass is 10.2. The molecule has 8 heteroatoms. The molecule has 0 bridgehead atoms. The molecule has 7 nitrogen and oxygen atoms in total. The number of para-hydroxylation sites is 1. The van der Waals surface area contributed by atoms with Crippen molar-refractivity contribution in [2.45, 2.75) is 6.92 Å². The van der Waals surface area contributed by atoms with Gasteiger partial charge in [-0.3, -0.25) is 4.90 Å². The molecule has 188 valence electrons. The fraction of sp³-hybridized carbons (Fsp3) is 0.103. The Morgan fingerprint density at radius 1 is 0.784 bits per heavy atom. The van der Waals surface area contributed by atoms with Crippen molar-refractivity contribution in [3.63, 3.8) is 0 Å². The zero-order valence-electron chi connectivity index (χ0n) is 20.3. The van der Waals surface area contributed by atoms with Crippen LogP contribution in [0, 0.1) is 12.7 Å². The van der Waals surface area contributed by atoms with E-state index in [0.29, 0.717) is 28.6 Å². The van der Waals surface area contributed by atoms with E-state index in [1.54, 1.807) is 30.3 Å². The molecule has 0 saturated carbocycles. The first-order valence-electron chi connectivity index (χ1n) is 11.7. The molecule has 4 amide bonds. The number of nitrogens with one attached hydrogen (secondary N) is 3. The fourth-order valence-corrected chi connectivity index (χ4v) is 3.60. The highest BCUT2D eigenvalue weighted by Crippen LogP contribution is 2.25. The average Bonchev–Trinajstić information content (AvgIpc) is 2.88. The van der Waals surface area contributed by atoms with Crippen LogP contribution >= 0.6 is 0 Å². The van der Waals surface area contributed by atoms with E-state index in [0.717, 1.165) is 5.56 Å². The van der Waals surface area contributed by atoms with Crippen molar-refractivity contribution < 1.29 is 18.7 Å². The first kappa shape index (κ1) is 25.2. The standard InChI is InChI=1S/C29H27FN4O3/c1-21-7-5-9-23(19-21)33-29(36)34(18-17-31-28(35)32-24-10-6-8-22(30)20-24)25-13-15-27(16-14-25)37-26-11-3-2-4-12-26/h2-16,19-20H,17-18H2,1H3,(H,33,36)(H2,31,32,35). The lowest BCUT2D eigenvalue weighted by Crippen LogP contribution is -2.42. The van der Waals surface area contributed by atoms with Crippen LogP contribution in [0.5, 0.6) is 11.5 Å². The monoisotopic (exact) mass is 498 g/mol. The van der Waals surface area contributed by atoms with Gasteiger partial charge in [-0.1, -0.05) is 36.4 Å². The maximum absolute atomic E-state index is 13.4. The molecule has 0 aliphatic heterocycles. The molecule has 0 fully saturated rings. The SMILES string of the molecule is Cc1cccc(NC(=O)N(CCNC(=O)Nc2cccc(F)c2)c2ccc(Oc3ccccc3)cc2)c1. The van der Waals surface area contributed by atoms with E-state index in [-0.39, 0.29) is 19.1 Å². The summed E-state index contributed by atoms with van der Waals surface area (Å²) in [4.78, 5) is 27.0. The van der Waals surface area contributed by atoms with E-state index < -0.39 is 11.8 Å². The Morgan fingerprint density at radius 3 is 2.16 bits per heavy atom. The van der Waals surface area contributed by atoms with Crippen molar-refractivity contribution in [2.75, 3.05) is 28.6 Å². The normalized spacial score (nSPS) is 10.3. The van der Waals surface area contributed by atoms with Crippen LogP contribution in [0.2, 0.25) is 0 Å². The molecular weight excluding hydrogens is 471 g/mol. The van der Waals surface area contributed by atoms with Gasteiger partial charge in [0.2, 0.25) is 0 Å². The summed E-state index contributed by atoms with van der Waals surface area (Å²) in [5.41, 5.74) is 2.64. The molecule has 37 heavy (non-hydrogen) atoms. The zero-order chi connectivity index (χ0) is 26.0. The van der Waals surface area contributed by atoms with Gasteiger partial charge in [-0.25, -0.2) is 14.0 Å². The van der Waals surface area contributed by atoms with Crippen LogP contribution in [0.1, 0.15) is 5.56 Å². The molecule has 4 aromatic carbocycles. The summed E-state index contributed by atoms with van der Waals surface area (Å²) < 4.78 is 19.2. The van der Waals surface area contributed by atoms with Crippen molar-refractivity contribution in [2.24, 2.45) is 0 Å². The summed E-state index contributed by atoms with van der Waals surface area (Å²) in [6, 6.07) is 28.8. The number of aryl methyl sites for hydroxylation is 1. The first-order valence-corrected chi connectivity index (χ1v) is 11.7. The van der Waals surface area contributed by atoms with E-state index in [9.17, 15) is 14.0 Å². The Hall–Kier alpha value is -4.85.